The maximum atomic E-state index is 4.78. The van der Waals surface area contributed by atoms with Crippen LogP contribution in [0.15, 0.2) is 53.7 Å². The smallest absolute Gasteiger partial charge is 0.191 e. The summed E-state index contributed by atoms with van der Waals surface area (Å²) in [5.41, 5.74) is 5.72. The average molecular weight is 518 g/mol. The lowest BCUT2D eigenvalue weighted by molar-refractivity contribution is 0.649. The van der Waals surface area contributed by atoms with E-state index in [1.54, 1.807) is 0 Å². The van der Waals surface area contributed by atoms with Gasteiger partial charge in [0.25, 0.3) is 0 Å². The highest BCUT2D eigenvalue weighted by Crippen LogP contribution is 2.20. The van der Waals surface area contributed by atoms with Crippen LogP contribution in [0.2, 0.25) is 0 Å². The molecule has 4 rings (SSSR count). The fourth-order valence-electron chi connectivity index (χ4n) is 3.82. The fourth-order valence-corrected chi connectivity index (χ4v) is 3.82. The van der Waals surface area contributed by atoms with E-state index in [1.807, 2.05) is 12.1 Å². The Balaban J connectivity index is 0.00000256. The summed E-state index contributed by atoms with van der Waals surface area (Å²) in [4.78, 5) is 11.9. The number of aryl methyl sites for hydroxylation is 2. The third-order valence-corrected chi connectivity index (χ3v) is 5.42. The fraction of sp³-hybridized carbons (Fsp3) is 0.391. The predicted octanol–water partition coefficient (Wildman–Crippen LogP) is 3.90. The molecule has 0 aliphatic carbocycles. The third-order valence-electron chi connectivity index (χ3n) is 5.42. The second-order valence-electron chi connectivity index (χ2n) is 7.73. The standard InChI is InChI=1S/C23H30N6.HI/c1-4-24-23(25-14-20-16-29-18(3)6-5-7-22(29)26-20)27-19-12-13-28(15-19)21-10-8-17(2)9-11-21;/h5-11,16,19H,4,12-15H2,1-3H3,(H2,24,25,27);1H. The highest BCUT2D eigenvalue weighted by molar-refractivity contribution is 14.0. The Bertz CT molecular complexity index is 995. The van der Waals surface area contributed by atoms with Gasteiger partial charge >= 0.3 is 0 Å². The van der Waals surface area contributed by atoms with Crippen molar-refractivity contribution in [3.05, 3.63) is 65.6 Å². The Kier molecular flexibility index (Phi) is 7.58. The number of halogens is 1. The maximum absolute atomic E-state index is 4.78. The first-order valence-corrected chi connectivity index (χ1v) is 10.4. The second-order valence-corrected chi connectivity index (χ2v) is 7.73. The van der Waals surface area contributed by atoms with Crippen LogP contribution in [0.3, 0.4) is 0 Å². The van der Waals surface area contributed by atoms with E-state index in [1.165, 1.54) is 16.9 Å². The summed E-state index contributed by atoms with van der Waals surface area (Å²) < 4.78 is 2.11. The van der Waals surface area contributed by atoms with Crippen LogP contribution in [-0.2, 0) is 6.54 Å². The number of hydrogen-bond donors (Lipinski definition) is 2. The van der Waals surface area contributed by atoms with E-state index in [4.69, 9.17) is 4.99 Å². The van der Waals surface area contributed by atoms with E-state index in [9.17, 15) is 0 Å². The minimum Gasteiger partial charge on any atom is -0.369 e. The van der Waals surface area contributed by atoms with Gasteiger partial charge in [-0.2, -0.15) is 0 Å². The molecule has 2 N–H and O–H groups in total. The largest absolute Gasteiger partial charge is 0.369 e. The highest BCUT2D eigenvalue weighted by Gasteiger charge is 2.23. The molecule has 0 saturated carbocycles. The molecule has 1 fully saturated rings. The lowest BCUT2D eigenvalue weighted by Gasteiger charge is -2.20. The van der Waals surface area contributed by atoms with Crippen molar-refractivity contribution in [3.8, 4) is 0 Å². The summed E-state index contributed by atoms with van der Waals surface area (Å²) in [5, 5.41) is 6.98. The van der Waals surface area contributed by atoms with Crippen LogP contribution < -0.4 is 15.5 Å². The van der Waals surface area contributed by atoms with E-state index in [-0.39, 0.29) is 24.0 Å². The molecule has 1 aliphatic rings. The molecule has 1 atom stereocenters. The molecule has 2 aromatic heterocycles. The topological polar surface area (TPSA) is 57.0 Å². The first kappa shape index (κ1) is 22.4. The highest BCUT2D eigenvalue weighted by atomic mass is 127. The summed E-state index contributed by atoms with van der Waals surface area (Å²) in [6.07, 6.45) is 3.18. The molecule has 1 unspecified atom stereocenters. The van der Waals surface area contributed by atoms with Gasteiger partial charge in [-0.1, -0.05) is 23.8 Å². The number of nitrogens with zero attached hydrogens (tertiary/aromatic N) is 4. The van der Waals surface area contributed by atoms with Gasteiger partial charge < -0.3 is 19.9 Å². The number of rotatable bonds is 5. The van der Waals surface area contributed by atoms with Gasteiger partial charge in [-0.15, -0.1) is 24.0 Å². The molecule has 0 spiro atoms. The van der Waals surface area contributed by atoms with Crippen LogP contribution in [0.4, 0.5) is 5.69 Å². The van der Waals surface area contributed by atoms with Crippen LogP contribution >= 0.6 is 24.0 Å². The van der Waals surface area contributed by atoms with Gasteiger partial charge in [0.1, 0.15) is 5.65 Å². The van der Waals surface area contributed by atoms with Crippen molar-refractivity contribution in [3.63, 3.8) is 0 Å². The van der Waals surface area contributed by atoms with Gasteiger partial charge in [-0.3, -0.25) is 0 Å². The average Bonchev–Trinajstić information content (AvgIpc) is 3.34. The minimum absolute atomic E-state index is 0. The molecular weight excluding hydrogens is 487 g/mol. The molecule has 160 valence electrons. The maximum Gasteiger partial charge on any atom is 0.191 e. The zero-order valence-electron chi connectivity index (χ0n) is 17.9. The number of imidazole rings is 1. The van der Waals surface area contributed by atoms with E-state index in [0.29, 0.717) is 12.6 Å². The number of anilines is 1. The van der Waals surface area contributed by atoms with Gasteiger partial charge in [0.05, 0.1) is 12.2 Å². The molecule has 1 aliphatic heterocycles. The number of nitrogens with one attached hydrogen (secondary N) is 2. The third kappa shape index (κ3) is 5.24. The SMILES string of the molecule is CCNC(=NCc1cn2c(C)cccc2n1)NC1CCN(c2ccc(C)cc2)C1.I. The normalized spacial score (nSPS) is 16.6. The molecule has 6 nitrogen and oxygen atoms in total. The number of aromatic nitrogens is 2. The molecule has 0 bridgehead atoms. The van der Waals surface area contributed by atoms with Crippen LogP contribution in [0.1, 0.15) is 30.3 Å². The van der Waals surface area contributed by atoms with Crippen molar-refractivity contribution in [2.45, 2.75) is 39.8 Å². The number of hydrogen-bond acceptors (Lipinski definition) is 3. The number of guanidine groups is 1. The zero-order chi connectivity index (χ0) is 20.2. The van der Waals surface area contributed by atoms with E-state index < -0.39 is 0 Å². The zero-order valence-corrected chi connectivity index (χ0v) is 20.3. The Morgan fingerprint density at radius 3 is 2.70 bits per heavy atom. The number of fused-ring (bicyclic) bond motifs is 1. The second kappa shape index (κ2) is 10.1. The number of aliphatic imine (C=N–C) groups is 1. The van der Waals surface area contributed by atoms with Crippen molar-refractivity contribution >= 4 is 41.3 Å². The summed E-state index contributed by atoms with van der Waals surface area (Å²) in [5.74, 6) is 0.858. The van der Waals surface area contributed by atoms with Gasteiger partial charge in [0.2, 0.25) is 0 Å². The molecule has 0 radical (unpaired) electrons. The van der Waals surface area contributed by atoms with E-state index >= 15 is 0 Å². The van der Waals surface area contributed by atoms with Gasteiger partial charge in [0.15, 0.2) is 5.96 Å². The molecule has 1 aromatic carbocycles. The predicted molar refractivity (Wildman–Crippen MR) is 135 cm³/mol. The van der Waals surface area contributed by atoms with Crippen molar-refractivity contribution in [2.24, 2.45) is 4.99 Å². The lowest BCUT2D eigenvalue weighted by atomic mass is 10.2. The number of pyridine rings is 1. The van der Waals surface area contributed by atoms with Crippen LogP contribution in [-0.4, -0.2) is 41.0 Å². The molecule has 3 heterocycles. The van der Waals surface area contributed by atoms with Crippen molar-refractivity contribution in [1.29, 1.82) is 0 Å². The molecule has 1 saturated heterocycles. The van der Waals surface area contributed by atoms with Crippen LogP contribution in [0, 0.1) is 13.8 Å². The van der Waals surface area contributed by atoms with Crippen LogP contribution in [0.5, 0.6) is 0 Å². The van der Waals surface area contributed by atoms with Crippen molar-refractivity contribution < 1.29 is 0 Å². The van der Waals surface area contributed by atoms with E-state index in [0.717, 1.165) is 43.4 Å². The first-order valence-electron chi connectivity index (χ1n) is 10.4. The molecule has 30 heavy (non-hydrogen) atoms. The summed E-state index contributed by atoms with van der Waals surface area (Å²) in [7, 11) is 0. The molecular formula is C23H31IN6. The molecule has 3 aromatic rings. The van der Waals surface area contributed by atoms with Crippen molar-refractivity contribution in [2.75, 3.05) is 24.5 Å². The number of benzene rings is 1. The Labute approximate surface area is 195 Å². The van der Waals surface area contributed by atoms with Gasteiger partial charge in [-0.25, -0.2) is 9.98 Å². The Hall–Kier alpha value is -2.29. The summed E-state index contributed by atoms with van der Waals surface area (Å²) in [6.45, 7) is 9.76. The first-order chi connectivity index (χ1) is 14.1. The van der Waals surface area contributed by atoms with Crippen LogP contribution in [0.25, 0.3) is 5.65 Å². The Morgan fingerprint density at radius 2 is 1.97 bits per heavy atom. The molecule has 0 amide bonds. The quantitative estimate of drug-likeness (QED) is 0.306. The Morgan fingerprint density at radius 1 is 1.17 bits per heavy atom. The lowest BCUT2D eigenvalue weighted by Crippen LogP contribution is -2.44. The van der Waals surface area contributed by atoms with Crippen molar-refractivity contribution in [1.82, 2.24) is 20.0 Å². The van der Waals surface area contributed by atoms with Gasteiger partial charge in [-0.05, 0) is 51.5 Å². The summed E-state index contributed by atoms with van der Waals surface area (Å²) in [6, 6.07) is 15.3. The van der Waals surface area contributed by atoms with Gasteiger partial charge in [0, 0.05) is 43.3 Å². The summed E-state index contributed by atoms with van der Waals surface area (Å²) >= 11 is 0. The minimum atomic E-state index is 0. The van der Waals surface area contributed by atoms with E-state index in [2.05, 4.69) is 82.2 Å². The molecule has 7 heteroatoms. The monoisotopic (exact) mass is 518 g/mol.